The quantitative estimate of drug-likeness (QED) is 0.706. The van der Waals surface area contributed by atoms with E-state index in [1.165, 1.54) is 0 Å². The number of rotatable bonds is 5. The van der Waals surface area contributed by atoms with E-state index in [0.29, 0.717) is 24.3 Å². The lowest BCUT2D eigenvalue weighted by Crippen LogP contribution is -2.40. The molecule has 0 aliphatic carbocycles. The fraction of sp³-hybridized carbons (Fsp3) is 0.364. The molecule has 0 unspecified atom stereocenters. The van der Waals surface area contributed by atoms with Crippen LogP contribution in [0.1, 0.15) is 52.2 Å². The van der Waals surface area contributed by atoms with Gasteiger partial charge in [-0.05, 0) is 38.0 Å². The number of aromatic nitrogens is 4. The number of benzene rings is 1. The van der Waals surface area contributed by atoms with Gasteiger partial charge in [0.05, 0.1) is 17.5 Å². The Morgan fingerprint density at radius 2 is 2.03 bits per heavy atom. The van der Waals surface area contributed by atoms with Gasteiger partial charge in [-0.2, -0.15) is 10.2 Å². The van der Waals surface area contributed by atoms with Crippen LogP contribution >= 0.6 is 0 Å². The number of amides is 2. The maximum Gasteiger partial charge on any atom is 0.274 e. The van der Waals surface area contributed by atoms with Crippen molar-refractivity contribution in [2.75, 3.05) is 25.0 Å². The number of H-pyrrole nitrogens is 1. The summed E-state index contributed by atoms with van der Waals surface area (Å²) in [5.41, 5.74) is 2.62. The molecule has 1 fully saturated rings. The van der Waals surface area contributed by atoms with Crippen LogP contribution in [0.25, 0.3) is 0 Å². The Morgan fingerprint density at radius 1 is 1.23 bits per heavy atom. The summed E-state index contributed by atoms with van der Waals surface area (Å²) >= 11 is 0. The first-order valence-electron chi connectivity index (χ1n) is 10.3. The molecule has 8 heteroatoms. The van der Waals surface area contributed by atoms with Crippen molar-refractivity contribution in [1.29, 1.82) is 0 Å². The van der Waals surface area contributed by atoms with Crippen LogP contribution in [0.4, 0.5) is 5.69 Å². The summed E-state index contributed by atoms with van der Waals surface area (Å²) in [4.78, 5) is 29.5. The van der Waals surface area contributed by atoms with Crippen LogP contribution in [0.3, 0.4) is 0 Å². The van der Waals surface area contributed by atoms with Gasteiger partial charge in [-0.25, -0.2) is 0 Å². The number of anilines is 1. The molecule has 0 radical (unpaired) electrons. The molecule has 1 aliphatic rings. The van der Waals surface area contributed by atoms with Crippen LogP contribution in [0.5, 0.6) is 0 Å². The maximum atomic E-state index is 13.1. The average molecular weight is 406 g/mol. The van der Waals surface area contributed by atoms with Gasteiger partial charge in [-0.15, -0.1) is 0 Å². The van der Waals surface area contributed by atoms with Crippen LogP contribution in [-0.4, -0.2) is 56.8 Å². The van der Waals surface area contributed by atoms with E-state index in [9.17, 15) is 9.59 Å². The average Bonchev–Trinajstić information content (AvgIpc) is 3.48. The Bertz CT molecular complexity index is 1030. The van der Waals surface area contributed by atoms with E-state index in [1.54, 1.807) is 28.9 Å². The number of piperidine rings is 1. The number of hydrogen-bond donors (Lipinski definition) is 1. The second-order valence-electron chi connectivity index (χ2n) is 7.54. The van der Waals surface area contributed by atoms with Crippen molar-refractivity contribution in [3.63, 3.8) is 0 Å². The van der Waals surface area contributed by atoms with Crippen LogP contribution < -0.4 is 4.90 Å². The molecule has 0 bridgehead atoms. The Kier molecular flexibility index (Phi) is 5.65. The van der Waals surface area contributed by atoms with E-state index in [2.05, 4.69) is 15.3 Å². The molecule has 1 aliphatic heterocycles. The topological polar surface area (TPSA) is 87.1 Å². The predicted molar refractivity (Wildman–Crippen MR) is 114 cm³/mol. The van der Waals surface area contributed by atoms with Gasteiger partial charge in [0.2, 0.25) is 0 Å². The van der Waals surface area contributed by atoms with Gasteiger partial charge in [0.25, 0.3) is 11.8 Å². The molecule has 1 atom stereocenters. The summed E-state index contributed by atoms with van der Waals surface area (Å²) in [6, 6.07) is 11.3. The molecule has 3 heterocycles. The largest absolute Gasteiger partial charge is 0.337 e. The Hall–Kier alpha value is -3.42. The molecular weight excluding hydrogens is 380 g/mol. The van der Waals surface area contributed by atoms with E-state index in [1.807, 2.05) is 48.4 Å². The molecule has 2 aromatic heterocycles. The first-order chi connectivity index (χ1) is 14.6. The van der Waals surface area contributed by atoms with Crippen molar-refractivity contribution in [2.45, 2.75) is 32.2 Å². The summed E-state index contributed by atoms with van der Waals surface area (Å²) in [6.45, 7) is 3.94. The van der Waals surface area contributed by atoms with Gasteiger partial charge in [-0.3, -0.25) is 19.4 Å². The third-order valence-electron chi connectivity index (χ3n) is 5.65. The molecule has 2 amide bonds. The van der Waals surface area contributed by atoms with Crippen molar-refractivity contribution in [3.8, 4) is 0 Å². The van der Waals surface area contributed by atoms with Crippen molar-refractivity contribution >= 4 is 17.5 Å². The van der Waals surface area contributed by atoms with Gasteiger partial charge in [0.1, 0.15) is 5.69 Å². The summed E-state index contributed by atoms with van der Waals surface area (Å²) in [6.07, 6.45) is 5.16. The number of carbonyl (C=O) groups is 2. The van der Waals surface area contributed by atoms with Crippen molar-refractivity contribution in [2.24, 2.45) is 0 Å². The number of likely N-dealkylation sites (tertiary alicyclic amines) is 1. The third kappa shape index (κ3) is 3.85. The number of carbonyl (C=O) groups excluding carboxylic acids is 2. The Labute approximate surface area is 175 Å². The summed E-state index contributed by atoms with van der Waals surface area (Å²) in [5.74, 6) is -0.155. The number of nitrogens with one attached hydrogen (secondary N) is 1. The molecule has 4 rings (SSSR count). The highest BCUT2D eigenvalue weighted by Gasteiger charge is 2.31. The van der Waals surface area contributed by atoms with E-state index in [0.717, 1.165) is 30.8 Å². The standard InChI is InChI=1S/C22H26N6O2/c1-3-28-13-11-19(25-28)22(30)27-12-7-8-16(15-27)20-18(14-23-24-20)21(29)26(2)17-9-5-4-6-10-17/h4-6,9-11,13-14,16H,3,7-8,12,15H2,1-2H3,(H,23,24)/t16-/m0/s1. The first-order valence-corrected chi connectivity index (χ1v) is 10.3. The fourth-order valence-electron chi connectivity index (χ4n) is 3.94. The lowest BCUT2D eigenvalue weighted by atomic mass is 9.92. The zero-order chi connectivity index (χ0) is 21.1. The van der Waals surface area contributed by atoms with Gasteiger partial charge < -0.3 is 9.80 Å². The highest BCUT2D eigenvalue weighted by Crippen LogP contribution is 2.29. The number of aryl methyl sites for hydroxylation is 1. The lowest BCUT2D eigenvalue weighted by Gasteiger charge is -2.32. The SMILES string of the molecule is CCn1ccc(C(=O)N2CCC[C@H](c3[nH]ncc3C(=O)N(C)c3ccccc3)C2)n1. The first kappa shape index (κ1) is 19.9. The van der Waals surface area contributed by atoms with Crippen molar-refractivity contribution in [3.05, 3.63) is 65.7 Å². The summed E-state index contributed by atoms with van der Waals surface area (Å²) in [7, 11) is 1.76. The van der Waals surface area contributed by atoms with Crippen LogP contribution in [0.15, 0.2) is 48.8 Å². The zero-order valence-electron chi connectivity index (χ0n) is 17.3. The number of para-hydroxylation sites is 1. The van der Waals surface area contributed by atoms with Crippen LogP contribution in [0.2, 0.25) is 0 Å². The van der Waals surface area contributed by atoms with E-state index in [4.69, 9.17) is 0 Å². The second-order valence-corrected chi connectivity index (χ2v) is 7.54. The smallest absolute Gasteiger partial charge is 0.274 e. The number of nitrogens with zero attached hydrogens (tertiary/aromatic N) is 5. The number of hydrogen-bond acceptors (Lipinski definition) is 4. The van der Waals surface area contributed by atoms with Crippen LogP contribution in [0, 0.1) is 0 Å². The minimum absolute atomic E-state index is 0.0292. The molecule has 8 nitrogen and oxygen atoms in total. The van der Waals surface area contributed by atoms with Gasteiger partial charge in [0.15, 0.2) is 0 Å². The van der Waals surface area contributed by atoms with Crippen molar-refractivity contribution in [1.82, 2.24) is 24.9 Å². The molecule has 3 aromatic rings. The van der Waals surface area contributed by atoms with E-state index >= 15 is 0 Å². The minimum Gasteiger partial charge on any atom is -0.337 e. The number of aromatic amines is 1. The molecule has 0 saturated carbocycles. The Morgan fingerprint density at radius 3 is 2.77 bits per heavy atom. The molecular formula is C22H26N6O2. The second kappa shape index (κ2) is 8.52. The normalized spacial score (nSPS) is 16.5. The third-order valence-corrected chi connectivity index (χ3v) is 5.65. The molecule has 0 spiro atoms. The molecule has 1 aromatic carbocycles. The highest BCUT2D eigenvalue weighted by atomic mass is 16.2. The minimum atomic E-state index is -0.116. The lowest BCUT2D eigenvalue weighted by molar-refractivity contribution is 0.0698. The summed E-state index contributed by atoms with van der Waals surface area (Å²) < 4.78 is 1.75. The molecule has 1 saturated heterocycles. The van der Waals surface area contributed by atoms with Gasteiger partial charge >= 0.3 is 0 Å². The van der Waals surface area contributed by atoms with Crippen LogP contribution in [-0.2, 0) is 6.54 Å². The van der Waals surface area contributed by atoms with Crippen molar-refractivity contribution < 1.29 is 9.59 Å². The Balaban J connectivity index is 1.51. The zero-order valence-corrected chi connectivity index (χ0v) is 17.3. The van der Waals surface area contributed by atoms with Gasteiger partial charge in [0, 0.05) is 44.5 Å². The highest BCUT2D eigenvalue weighted by molar-refractivity contribution is 6.06. The molecule has 30 heavy (non-hydrogen) atoms. The monoisotopic (exact) mass is 406 g/mol. The van der Waals surface area contributed by atoms with E-state index in [-0.39, 0.29) is 17.7 Å². The summed E-state index contributed by atoms with van der Waals surface area (Å²) in [5, 5.41) is 11.5. The van der Waals surface area contributed by atoms with E-state index < -0.39 is 0 Å². The van der Waals surface area contributed by atoms with Gasteiger partial charge in [-0.1, -0.05) is 18.2 Å². The fourth-order valence-corrected chi connectivity index (χ4v) is 3.94. The molecule has 1 N–H and O–H groups in total. The maximum absolute atomic E-state index is 13.1. The molecule has 156 valence electrons. The predicted octanol–water partition coefficient (Wildman–Crippen LogP) is 2.92.